The molecule has 2 unspecified atom stereocenters. The number of rotatable bonds is 6. The number of aromatic nitrogens is 3. The van der Waals surface area contributed by atoms with E-state index in [1.165, 1.54) is 25.7 Å². The van der Waals surface area contributed by atoms with Gasteiger partial charge in [0.1, 0.15) is 5.82 Å². The predicted molar refractivity (Wildman–Crippen MR) is 78.2 cm³/mol. The van der Waals surface area contributed by atoms with Crippen molar-refractivity contribution >= 4 is 5.95 Å². The zero-order chi connectivity index (χ0) is 13.7. The molecule has 108 valence electrons. The van der Waals surface area contributed by atoms with Crippen LogP contribution in [-0.4, -0.2) is 34.3 Å². The summed E-state index contributed by atoms with van der Waals surface area (Å²) in [6.45, 7) is 6.34. The lowest BCUT2D eigenvalue weighted by Gasteiger charge is -2.34. The molecule has 1 fully saturated rings. The van der Waals surface area contributed by atoms with Crippen LogP contribution in [0.3, 0.4) is 0 Å². The van der Waals surface area contributed by atoms with E-state index in [2.05, 4.69) is 33.9 Å². The van der Waals surface area contributed by atoms with Gasteiger partial charge in [0, 0.05) is 25.6 Å². The molecule has 5 nitrogen and oxygen atoms in total. The first kappa shape index (κ1) is 14.3. The van der Waals surface area contributed by atoms with Gasteiger partial charge < -0.3 is 10.6 Å². The Balaban J connectivity index is 1.83. The molecule has 2 atom stereocenters. The van der Waals surface area contributed by atoms with Gasteiger partial charge in [-0.2, -0.15) is 4.98 Å². The van der Waals surface area contributed by atoms with Gasteiger partial charge in [0.25, 0.3) is 0 Å². The maximum atomic E-state index is 6.12. The first-order chi connectivity index (χ1) is 9.20. The molecule has 5 heteroatoms. The van der Waals surface area contributed by atoms with Crippen molar-refractivity contribution in [3.63, 3.8) is 0 Å². The molecule has 2 heterocycles. The van der Waals surface area contributed by atoms with Gasteiger partial charge in [-0.1, -0.05) is 33.1 Å². The molecule has 1 aromatic heterocycles. The van der Waals surface area contributed by atoms with Crippen molar-refractivity contribution in [3.8, 4) is 0 Å². The summed E-state index contributed by atoms with van der Waals surface area (Å²) in [4.78, 5) is 6.80. The highest BCUT2D eigenvalue weighted by Crippen LogP contribution is 2.19. The van der Waals surface area contributed by atoms with Crippen LogP contribution < -0.4 is 10.6 Å². The molecule has 1 aliphatic heterocycles. The molecule has 0 spiro atoms. The minimum absolute atomic E-state index is 0.236. The summed E-state index contributed by atoms with van der Waals surface area (Å²) in [5, 5.41) is 7.39. The number of anilines is 1. The highest BCUT2D eigenvalue weighted by molar-refractivity contribution is 5.30. The molecule has 1 saturated heterocycles. The Labute approximate surface area is 116 Å². The second kappa shape index (κ2) is 6.89. The molecule has 0 aromatic carbocycles. The maximum absolute atomic E-state index is 6.12. The van der Waals surface area contributed by atoms with Crippen LogP contribution in [0.2, 0.25) is 0 Å². The van der Waals surface area contributed by atoms with Crippen LogP contribution in [0.4, 0.5) is 5.95 Å². The van der Waals surface area contributed by atoms with E-state index < -0.39 is 0 Å². The van der Waals surface area contributed by atoms with Crippen LogP contribution in [0.15, 0.2) is 0 Å². The van der Waals surface area contributed by atoms with E-state index in [1.807, 2.05) is 0 Å². The number of hydrogen-bond acceptors (Lipinski definition) is 4. The standard InChI is InChI=1S/C14H27N5/c1-3-4-5-6-7-13-16-14(18-17-13)19-9-8-11(2)12(15)10-19/h11-12H,3-10,15H2,1-2H3,(H,16,17,18). The molecule has 0 saturated carbocycles. The number of unbranched alkanes of at least 4 members (excludes halogenated alkanes) is 3. The van der Waals surface area contributed by atoms with E-state index in [0.717, 1.165) is 37.7 Å². The number of nitrogens with one attached hydrogen (secondary N) is 1. The summed E-state index contributed by atoms with van der Waals surface area (Å²) < 4.78 is 0. The smallest absolute Gasteiger partial charge is 0.244 e. The van der Waals surface area contributed by atoms with E-state index in [-0.39, 0.29) is 6.04 Å². The number of hydrogen-bond donors (Lipinski definition) is 2. The quantitative estimate of drug-likeness (QED) is 0.773. The molecule has 1 aromatic rings. The Hall–Kier alpha value is -1.10. The summed E-state index contributed by atoms with van der Waals surface area (Å²) in [5.41, 5.74) is 6.12. The molecular weight excluding hydrogens is 238 g/mol. The highest BCUT2D eigenvalue weighted by atomic mass is 15.4. The lowest BCUT2D eigenvalue weighted by Crippen LogP contribution is -2.48. The zero-order valence-corrected chi connectivity index (χ0v) is 12.2. The molecular formula is C14H27N5. The van der Waals surface area contributed by atoms with Gasteiger partial charge in [0.2, 0.25) is 5.95 Å². The minimum atomic E-state index is 0.236. The van der Waals surface area contributed by atoms with Crippen molar-refractivity contribution in [1.29, 1.82) is 0 Å². The first-order valence-corrected chi connectivity index (χ1v) is 7.62. The molecule has 3 N–H and O–H groups in total. The molecule has 2 rings (SSSR count). The second-order valence-corrected chi connectivity index (χ2v) is 5.77. The normalized spacial score (nSPS) is 23.8. The molecule has 0 amide bonds. The van der Waals surface area contributed by atoms with Crippen molar-refractivity contribution in [2.75, 3.05) is 18.0 Å². The third-order valence-corrected chi connectivity index (χ3v) is 4.09. The second-order valence-electron chi connectivity index (χ2n) is 5.77. The lowest BCUT2D eigenvalue weighted by atomic mass is 9.95. The van der Waals surface area contributed by atoms with Crippen LogP contribution in [0.1, 0.15) is 51.8 Å². The molecule has 0 aliphatic carbocycles. The monoisotopic (exact) mass is 265 g/mol. The van der Waals surface area contributed by atoms with Gasteiger partial charge in [-0.25, -0.2) is 0 Å². The number of nitrogens with zero attached hydrogens (tertiary/aromatic N) is 3. The predicted octanol–water partition coefficient (Wildman–Crippen LogP) is 2.10. The van der Waals surface area contributed by atoms with Crippen LogP contribution in [0, 0.1) is 5.92 Å². The third-order valence-electron chi connectivity index (χ3n) is 4.09. The van der Waals surface area contributed by atoms with Gasteiger partial charge in [-0.3, -0.25) is 5.10 Å². The number of piperidine rings is 1. The van der Waals surface area contributed by atoms with Crippen LogP contribution in [0.5, 0.6) is 0 Å². The zero-order valence-electron chi connectivity index (χ0n) is 12.2. The van der Waals surface area contributed by atoms with Crippen LogP contribution in [-0.2, 0) is 6.42 Å². The molecule has 0 bridgehead atoms. The van der Waals surface area contributed by atoms with Gasteiger partial charge in [0.05, 0.1) is 0 Å². The van der Waals surface area contributed by atoms with Gasteiger partial charge in [0.15, 0.2) is 0 Å². The largest absolute Gasteiger partial charge is 0.338 e. The van der Waals surface area contributed by atoms with E-state index >= 15 is 0 Å². The molecule has 0 radical (unpaired) electrons. The Morgan fingerprint density at radius 3 is 2.95 bits per heavy atom. The number of aromatic amines is 1. The summed E-state index contributed by atoms with van der Waals surface area (Å²) in [6, 6.07) is 0.236. The number of H-pyrrole nitrogens is 1. The fourth-order valence-corrected chi connectivity index (χ4v) is 2.54. The number of nitrogens with two attached hydrogens (primary N) is 1. The van der Waals surface area contributed by atoms with Gasteiger partial charge in [-0.15, -0.1) is 5.10 Å². The van der Waals surface area contributed by atoms with E-state index in [4.69, 9.17) is 5.73 Å². The summed E-state index contributed by atoms with van der Waals surface area (Å²) >= 11 is 0. The summed E-state index contributed by atoms with van der Waals surface area (Å²) in [7, 11) is 0. The van der Waals surface area contributed by atoms with Crippen molar-refractivity contribution in [1.82, 2.24) is 15.2 Å². The average Bonchev–Trinajstić information content (AvgIpc) is 2.87. The fraction of sp³-hybridized carbons (Fsp3) is 0.857. The minimum Gasteiger partial charge on any atom is -0.338 e. The third kappa shape index (κ3) is 3.93. The SMILES string of the molecule is CCCCCCc1nc(N2CCC(C)C(N)C2)n[nH]1. The average molecular weight is 265 g/mol. The Kier molecular flexibility index (Phi) is 5.19. The van der Waals surface area contributed by atoms with Crippen molar-refractivity contribution < 1.29 is 0 Å². The van der Waals surface area contributed by atoms with Crippen molar-refractivity contribution in [3.05, 3.63) is 5.82 Å². The topological polar surface area (TPSA) is 70.8 Å². The highest BCUT2D eigenvalue weighted by Gasteiger charge is 2.25. The van der Waals surface area contributed by atoms with Gasteiger partial charge in [-0.05, 0) is 18.8 Å². The lowest BCUT2D eigenvalue weighted by molar-refractivity contribution is 0.376. The summed E-state index contributed by atoms with van der Waals surface area (Å²) in [5.74, 6) is 2.44. The Bertz CT molecular complexity index is 376. The van der Waals surface area contributed by atoms with E-state index in [1.54, 1.807) is 0 Å². The van der Waals surface area contributed by atoms with Crippen LogP contribution in [0.25, 0.3) is 0 Å². The van der Waals surface area contributed by atoms with Crippen molar-refractivity contribution in [2.24, 2.45) is 11.7 Å². The fourth-order valence-electron chi connectivity index (χ4n) is 2.54. The first-order valence-electron chi connectivity index (χ1n) is 7.62. The Morgan fingerprint density at radius 2 is 2.21 bits per heavy atom. The summed E-state index contributed by atoms with van der Waals surface area (Å²) in [6.07, 6.45) is 7.17. The van der Waals surface area contributed by atoms with Gasteiger partial charge >= 0.3 is 0 Å². The maximum Gasteiger partial charge on any atom is 0.244 e. The van der Waals surface area contributed by atoms with E-state index in [9.17, 15) is 0 Å². The van der Waals surface area contributed by atoms with E-state index in [0.29, 0.717) is 5.92 Å². The number of aryl methyl sites for hydroxylation is 1. The molecule has 19 heavy (non-hydrogen) atoms. The molecule has 1 aliphatic rings. The van der Waals surface area contributed by atoms with Crippen molar-refractivity contribution in [2.45, 2.75) is 58.4 Å². The van der Waals surface area contributed by atoms with Crippen LogP contribution >= 0.6 is 0 Å². The Morgan fingerprint density at radius 1 is 1.37 bits per heavy atom.